The predicted molar refractivity (Wildman–Crippen MR) is 287 cm³/mol. The van der Waals surface area contributed by atoms with E-state index in [4.69, 9.17) is 0 Å². The molecule has 0 saturated heterocycles. The Labute approximate surface area is 393 Å². The fourth-order valence-electron chi connectivity index (χ4n) is 10.6. The van der Waals surface area contributed by atoms with Crippen LogP contribution in [-0.2, 0) is 27.1 Å². The third-order valence-corrected chi connectivity index (χ3v) is 15.8. The molecule has 7 aromatic carbocycles. The van der Waals surface area contributed by atoms with Crippen molar-refractivity contribution in [1.29, 1.82) is 0 Å². The van der Waals surface area contributed by atoms with Crippen molar-refractivity contribution in [2.24, 2.45) is 0 Å². The molecular formula is C61H65BN2S. The SMILES string of the molecule is CC(C)(C)c1ccc(N(c2ccc(C(C)(C)C)cc2)c2cc3c4c(c2)C(C)(C)c2ccc(C(C)(C)C)cc2B4c2ccc4c(sc5ccccc54)c2N3c2ccc(C(C)(C)C)cc2)cc1. The number of rotatable bonds is 4. The number of anilines is 6. The van der Waals surface area contributed by atoms with Crippen molar-refractivity contribution in [3.8, 4) is 0 Å². The van der Waals surface area contributed by atoms with Crippen molar-refractivity contribution in [1.82, 2.24) is 0 Å². The van der Waals surface area contributed by atoms with Gasteiger partial charge in [0.2, 0.25) is 6.71 Å². The molecule has 0 spiro atoms. The maximum Gasteiger partial charge on any atom is 0.247 e. The van der Waals surface area contributed by atoms with Gasteiger partial charge >= 0.3 is 0 Å². The van der Waals surface area contributed by atoms with Gasteiger partial charge in [0.05, 0.1) is 10.4 Å². The van der Waals surface area contributed by atoms with Crippen molar-refractivity contribution in [3.63, 3.8) is 0 Å². The molecule has 0 fully saturated rings. The molecule has 2 aliphatic rings. The second-order valence-electron chi connectivity index (χ2n) is 23.6. The average Bonchev–Trinajstić information content (AvgIpc) is 3.63. The van der Waals surface area contributed by atoms with E-state index in [0.717, 1.165) is 17.1 Å². The van der Waals surface area contributed by atoms with E-state index in [0.29, 0.717) is 0 Å². The number of fused-ring (bicyclic) bond motifs is 8. The molecule has 1 aromatic heterocycles. The van der Waals surface area contributed by atoms with E-state index in [1.807, 2.05) is 11.3 Å². The van der Waals surface area contributed by atoms with Gasteiger partial charge in [-0.25, -0.2) is 0 Å². The Morgan fingerprint density at radius 3 is 1.55 bits per heavy atom. The summed E-state index contributed by atoms with van der Waals surface area (Å²) >= 11 is 1.94. The molecule has 0 radical (unpaired) electrons. The molecule has 328 valence electrons. The first kappa shape index (κ1) is 43.3. The largest absolute Gasteiger partial charge is 0.310 e. The van der Waals surface area contributed by atoms with Crippen molar-refractivity contribution in [2.75, 3.05) is 9.80 Å². The lowest BCUT2D eigenvalue weighted by Gasteiger charge is -2.46. The van der Waals surface area contributed by atoms with Gasteiger partial charge in [0.15, 0.2) is 0 Å². The molecule has 0 N–H and O–H groups in total. The number of hydrogen-bond acceptors (Lipinski definition) is 3. The number of benzene rings is 7. The highest BCUT2D eigenvalue weighted by Gasteiger charge is 2.47. The first-order chi connectivity index (χ1) is 30.5. The first-order valence-corrected chi connectivity index (χ1v) is 24.5. The van der Waals surface area contributed by atoms with Gasteiger partial charge in [0.1, 0.15) is 0 Å². The summed E-state index contributed by atoms with van der Waals surface area (Å²) in [6, 6.07) is 54.5. The van der Waals surface area contributed by atoms with Gasteiger partial charge in [-0.2, -0.15) is 0 Å². The lowest BCUT2D eigenvalue weighted by Crippen LogP contribution is -2.64. The zero-order valence-electron chi connectivity index (χ0n) is 41.2. The summed E-state index contributed by atoms with van der Waals surface area (Å²) in [4.78, 5) is 5.16. The Bertz CT molecular complexity index is 3080. The minimum Gasteiger partial charge on any atom is -0.310 e. The Morgan fingerprint density at radius 1 is 0.477 bits per heavy atom. The molecule has 0 aliphatic carbocycles. The maximum absolute atomic E-state index is 2.65. The van der Waals surface area contributed by atoms with Crippen LogP contribution in [0.15, 0.2) is 140 Å². The Hall–Kier alpha value is -5.58. The first-order valence-electron chi connectivity index (χ1n) is 23.7. The van der Waals surface area contributed by atoms with Gasteiger partial charge in [0, 0.05) is 49.3 Å². The average molecular weight is 869 g/mol. The normalized spacial score (nSPS) is 14.7. The molecule has 2 aliphatic heterocycles. The molecule has 0 bridgehead atoms. The molecule has 0 saturated carbocycles. The van der Waals surface area contributed by atoms with Crippen LogP contribution >= 0.6 is 11.3 Å². The zero-order valence-corrected chi connectivity index (χ0v) is 42.0. The van der Waals surface area contributed by atoms with Crippen molar-refractivity contribution in [2.45, 2.75) is 124 Å². The molecule has 65 heavy (non-hydrogen) atoms. The molecule has 3 heterocycles. The van der Waals surface area contributed by atoms with Gasteiger partial charge in [0.25, 0.3) is 0 Å². The molecule has 8 aromatic rings. The summed E-state index contributed by atoms with van der Waals surface area (Å²) in [5.41, 5.74) is 19.4. The second kappa shape index (κ2) is 14.7. The molecule has 4 heteroatoms. The summed E-state index contributed by atoms with van der Waals surface area (Å²) in [5, 5.41) is 2.64. The van der Waals surface area contributed by atoms with Crippen LogP contribution in [0.1, 0.15) is 130 Å². The molecular weight excluding hydrogens is 804 g/mol. The van der Waals surface area contributed by atoms with Crippen LogP contribution in [0.5, 0.6) is 0 Å². The van der Waals surface area contributed by atoms with Crippen LogP contribution in [-0.4, -0.2) is 6.71 Å². The van der Waals surface area contributed by atoms with Crippen LogP contribution in [0.2, 0.25) is 0 Å². The topological polar surface area (TPSA) is 6.48 Å². The van der Waals surface area contributed by atoms with Gasteiger partial charge in [-0.3, -0.25) is 0 Å². The molecule has 10 rings (SSSR count). The smallest absolute Gasteiger partial charge is 0.247 e. The predicted octanol–water partition coefficient (Wildman–Crippen LogP) is 15.7. The van der Waals surface area contributed by atoms with E-state index in [2.05, 4.69) is 246 Å². The highest BCUT2D eigenvalue weighted by molar-refractivity contribution is 7.26. The van der Waals surface area contributed by atoms with Gasteiger partial charge in [-0.05, 0) is 121 Å². The third kappa shape index (κ3) is 7.14. The Morgan fingerprint density at radius 2 is 1.00 bits per heavy atom. The fraction of sp³-hybridized carbons (Fsp3) is 0.311. The van der Waals surface area contributed by atoms with Gasteiger partial charge in [-0.1, -0.05) is 187 Å². The van der Waals surface area contributed by atoms with Gasteiger partial charge in [-0.15, -0.1) is 11.3 Å². The summed E-state index contributed by atoms with van der Waals surface area (Å²) in [5.74, 6) is 0. The van der Waals surface area contributed by atoms with Crippen LogP contribution in [0.4, 0.5) is 34.1 Å². The van der Waals surface area contributed by atoms with E-state index in [1.54, 1.807) is 0 Å². The quantitative estimate of drug-likeness (QED) is 0.163. The Balaban J connectivity index is 1.33. The van der Waals surface area contributed by atoms with Crippen molar-refractivity contribution < 1.29 is 0 Å². The maximum atomic E-state index is 2.65. The fourth-order valence-corrected chi connectivity index (χ4v) is 11.9. The van der Waals surface area contributed by atoms with E-state index in [9.17, 15) is 0 Å². The van der Waals surface area contributed by atoms with Crippen LogP contribution in [0.3, 0.4) is 0 Å². The highest BCUT2D eigenvalue weighted by atomic mass is 32.1. The lowest BCUT2D eigenvalue weighted by molar-refractivity contribution is 0.588. The molecule has 0 amide bonds. The molecule has 0 atom stereocenters. The minimum atomic E-state index is -0.291. The van der Waals surface area contributed by atoms with E-state index >= 15 is 0 Å². The number of nitrogens with zero attached hydrogens (tertiary/aromatic N) is 2. The standard InChI is InChI=1S/C61H65BN2S/c1-57(2,3)38-19-26-42(27-20-38)63(43-28-21-39(22-29-43)58(4,5)6)45-36-49-54-52(37-45)64(44-30-23-40(24-31-44)59(7,8)9)55-50(34-32-47-46-17-15-16-18-53(46)65-56(47)55)62(54)51-35-41(60(10,11)12)25-33-48(51)61(49,13)14/h15-37H,1-14H3. The zero-order chi connectivity index (χ0) is 46.2. The summed E-state index contributed by atoms with van der Waals surface area (Å²) in [7, 11) is 0. The van der Waals surface area contributed by atoms with Gasteiger partial charge < -0.3 is 9.80 Å². The van der Waals surface area contributed by atoms with Crippen LogP contribution in [0.25, 0.3) is 20.2 Å². The third-order valence-electron chi connectivity index (χ3n) is 14.6. The highest BCUT2D eigenvalue weighted by Crippen LogP contribution is 2.51. The van der Waals surface area contributed by atoms with E-state index < -0.39 is 0 Å². The van der Waals surface area contributed by atoms with Crippen LogP contribution in [0, 0.1) is 0 Å². The summed E-state index contributed by atoms with van der Waals surface area (Å²) in [6.45, 7) is 32.8. The lowest BCUT2D eigenvalue weighted by atomic mass is 9.30. The summed E-state index contributed by atoms with van der Waals surface area (Å²) < 4.78 is 2.66. The second-order valence-corrected chi connectivity index (χ2v) is 24.6. The molecule has 2 nitrogen and oxygen atoms in total. The van der Waals surface area contributed by atoms with E-state index in [-0.39, 0.29) is 33.8 Å². The van der Waals surface area contributed by atoms with E-state index in [1.165, 1.54) is 87.0 Å². The summed E-state index contributed by atoms with van der Waals surface area (Å²) in [6.07, 6.45) is 0. The Kier molecular flexibility index (Phi) is 9.81. The van der Waals surface area contributed by atoms with Crippen LogP contribution < -0.4 is 26.2 Å². The molecule has 0 unspecified atom stereocenters. The minimum absolute atomic E-state index is 0.00544. The monoisotopic (exact) mass is 868 g/mol. The number of hydrogen-bond donors (Lipinski definition) is 0. The van der Waals surface area contributed by atoms with Crippen molar-refractivity contribution in [3.05, 3.63) is 173 Å². The number of thiophene rings is 1. The van der Waals surface area contributed by atoms with Crippen molar-refractivity contribution >= 4 is 88.7 Å².